The number of hydrogen-bond donors (Lipinski definition) is 0. The normalized spacial score (nSPS) is 32.9. The molecule has 2 aliphatic carbocycles. The fourth-order valence-corrected chi connectivity index (χ4v) is 6.30. The van der Waals surface area contributed by atoms with Crippen molar-refractivity contribution < 1.29 is 23.5 Å². The zero-order valence-electron chi connectivity index (χ0n) is 18.2. The quantitative estimate of drug-likeness (QED) is 0.399. The van der Waals surface area contributed by atoms with E-state index in [4.69, 9.17) is 14.2 Å². The topological polar surface area (TPSA) is 44.8 Å². The fraction of sp³-hybridized carbons (Fsp3) is 0.708. The van der Waals surface area contributed by atoms with Crippen LogP contribution in [0, 0.1) is 12.8 Å². The number of carbonyl (C=O) groups excluding carboxylic acids is 1. The summed E-state index contributed by atoms with van der Waals surface area (Å²) in [4.78, 5) is 12.2. The minimum absolute atomic E-state index is 0.00348. The Morgan fingerprint density at radius 1 is 1.24 bits per heavy atom. The summed E-state index contributed by atoms with van der Waals surface area (Å²) in [6.45, 7) is 4.66. The average Bonchev–Trinajstić information content (AvgIpc) is 2.73. The molecule has 3 aliphatic rings. The van der Waals surface area contributed by atoms with Gasteiger partial charge in [0.05, 0.1) is 32.8 Å². The second-order valence-corrected chi connectivity index (χ2v) is 9.58. The van der Waals surface area contributed by atoms with Gasteiger partial charge in [-0.1, -0.05) is 36.6 Å². The summed E-state index contributed by atoms with van der Waals surface area (Å²) in [5, 5.41) is 0. The first-order valence-corrected chi connectivity index (χ1v) is 11.1. The van der Waals surface area contributed by atoms with Crippen LogP contribution >= 0.6 is 0 Å². The maximum atomic E-state index is 12.2. The predicted octanol–water partition coefficient (Wildman–Crippen LogP) is 3.36. The van der Waals surface area contributed by atoms with Crippen LogP contribution in [0.2, 0.25) is 0 Å². The Morgan fingerprint density at radius 3 is 2.93 bits per heavy atom. The summed E-state index contributed by atoms with van der Waals surface area (Å²) in [6, 6.07) is 7.61. The van der Waals surface area contributed by atoms with Gasteiger partial charge in [0.1, 0.15) is 6.61 Å². The van der Waals surface area contributed by atoms with E-state index >= 15 is 0 Å². The molecular weight excluding hydrogens is 366 g/mol. The standard InChI is InChI=1S/C24H36NO4/c1-18-7-8-19-15-22-20-6-4-5-9-24(20,21(19)14-18)10-11-25(22,2)17-29-23(26)16-28-13-12-27-3/h7-8,14,20,22H,4-6,9-13,15-17H2,1-3H3/q+1/t20-,22+,24+,25?/m0/s1. The Balaban J connectivity index is 1.50. The monoisotopic (exact) mass is 402 g/mol. The maximum Gasteiger partial charge on any atom is 0.336 e. The van der Waals surface area contributed by atoms with Crippen molar-refractivity contribution in [3.63, 3.8) is 0 Å². The first-order valence-electron chi connectivity index (χ1n) is 11.1. The summed E-state index contributed by atoms with van der Waals surface area (Å²) in [5.74, 6) is 0.425. The third kappa shape index (κ3) is 3.85. The van der Waals surface area contributed by atoms with Crippen LogP contribution in [0.15, 0.2) is 18.2 Å². The highest BCUT2D eigenvalue weighted by molar-refractivity contribution is 5.70. The van der Waals surface area contributed by atoms with Gasteiger partial charge < -0.3 is 14.2 Å². The zero-order valence-corrected chi connectivity index (χ0v) is 18.2. The number of quaternary nitrogens is 1. The number of carbonyl (C=O) groups is 1. The van der Waals surface area contributed by atoms with Crippen molar-refractivity contribution in [3.05, 3.63) is 34.9 Å². The Morgan fingerprint density at radius 2 is 2.10 bits per heavy atom. The summed E-state index contributed by atoms with van der Waals surface area (Å²) in [6.07, 6.45) is 7.59. The predicted molar refractivity (Wildman–Crippen MR) is 112 cm³/mol. The van der Waals surface area contributed by atoms with Gasteiger partial charge in [-0.2, -0.15) is 0 Å². The van der Waals surface area contributed by atoms with E-state index < -0.39 is 0 Å². The maximum absolute atomic E-state index is 12.2. The lowest BCUT2D eigenvalue weighted by Gasteiger charge is -2.61. The molecule has 160 valence electrons. The molecule has 0 N–H and O–H groups in total. The van der Waals surface area contributed by atoms with Gasteiger partial charge in [0, 0.05) is 31.3 Å². The number of rotatable bonds is 7. The lowest BCUT2D eigenvalue weighted by atomic mass is 9.52. The van der Waals surface area contributed by atoms with Gasteiger partial charge in [0.2, 0.25) is 6.73 Å². The number of likely N-dealkylation sites (tertiary alicyclic amines) is 1. The summed E-state index contributed by atoms with van der Waals surface area (Å²) in [7, 11) is 3.92. The molecule has 0 radical (unpaired) electrons. The molecule has 2 fully saturated rings. The van der Waals surface area contributed by atoms with Gasteiger partial charge >= 0.3 is 5.97 Å². The molecule has 5 nitrogen and oxygen atoms in total. The molecule has 4 atom stereocenters. The second kappa shape index (κ2) is 8.37. The molecule has 1 aliphatic heterocycles. The van der Waals surface area contributed by atoms with Crippen molar-refractivity contribution in [3.8, 4) is 0 Å². The molecule has 2 bridgehead atoms. The van der Waals surface area contributed by atoms with E-state index in [0.29, 0.717) is 37.3 Å². The lowest BCUT2D eigenvalue weighted by molar-refractivity contribution is -0.959. The number of benzene rings is 1. The van der Waals surface area contributed by atoms with Crippen LogP contribution in [0.1, 0.15) is 48.8 Å². The lowest BCUT2D eigenvalue weighted by Crippen LogP contribution is -2.69. The molecule has 0 aromatic heterocycles. The Hall–Kier alpha value is -1.43. The van der Waals surface area contributed by atoms with Gasteiger partial charge in [-0.05, 0) is 30.9 Å². The molecule has 1 saturated carbocycles. The molecule has 29 heavy (non-hydrogen) atoms. The third-order valence-corrected chi connectivity index (χ3v) is 7.83. The van der Waals surface area contributed by atoms with Crippen molar-refractivity contribution >= 4 is 5.97 Å². The number of hydrogen-bond acceptors (Lipinski definition) is 4. The number of fused-ring (bicyclic) bond motifs is 1. The van der Waals surface area contributed by atoms with Crippen molar-refractivity contribution in [1.29, 1.82) is 0 Å². The Kier molecular flexibility index (Phi) is 6.01. The van der Waals surface area contributed by atoms with E-state index in [1.54, 1.807) is 12.7 Å². The van der Waals surface area contributed by atoms with Crippen LogP contribution in [0.4, 0.5) is 0 Å². The van der Waals surface area contributed by atoms with Gasteiger partial charge in [-0.3, -0.25) is 4.48 Å². The molecule has 0 amide bonds. The SMILES string of the molecule is COCCOCC(=O)OC[N+]1(C)CC[C@]23CCCC[C@H]2[C@H]1Cc1ccc(C)cc13. The van der Waals surface area contributed by atoms with E-state index in [2.05, 4.69) is 32.2 Å². The molecule has 1 saturated heterocycles. The largest absolute Gasteiger partial charge is 0.413 e. The number of piperidine rings is 1. The minimum Gasteiger partial charge on any atom is -0.413 e. The fourth-order valence-electron chi connectivity index (χ4n) is 6.30. The number of ether oxygens (including phenoxy) is 3. The zero-order chi connectivity index (χ0) is 20.5. The van der Waals surface area contributed by atoms with Crippen LogP contribution in [-0.4, -0.2) is 63.7 Å². The number of aryl methyl sites for hydroxylation is 1. The van der Waals surface area contributed by atoms with Crippen molar-refractivity contribution in [2.45, 2.75) is 56.9 Å². The van der Waals surface area contributed by atoms with Crippen LogP contribution in [0.5, 0.6) is 0 Å². The molecule has 5 heteroatoms. The third-order valence-electron chi connectivity index (χ3n) is 7.83. The smallest absolute Gasteiger partial charge is 0.336 e. The molecule has 1 unspecified atom stereocenters. The van der Waals surface area contributed by atoms with Crippen LogP contribution in [0.25, 0.3) is 0 Å². The Labute approximate surface area is 174 Å². The van der Waals surface area contributed by atoms with E-state index in [-0.39, 0.29) is 12.6 Å². The molecule has 1 aromatic rings. The number of methoxy groups -OCH3 is 1. The van der Waals surface area contributed by atoms with E-state index in [1.807, 2.05) is 0 Å². The first kappa shape index (κ1) is 20.8. The summed E-state index contributed by atoms with van der Waals surface area (Å²) < 4.78 is 16.8. The molecule has 0 spiro atoms. The highest BCUT2D eigenvalue weighted by Crippen LogP contribution is 2.57. The van der Waals surface area contributed by atoms with E-state index in [1.165, 1.54) is 43.2 Å². The van der Waals surface area contributed by atoms with Gasteiger partial charge in [0.25, 0.3) is 0 Å². The Bertz CT molecular complexity index is 750. The van der Waals surface area contributed by atoms with Crippen molar-refractivity contribution in [1.82, 2.24) is 0 Å². The first-order chi connectivity index (χ1) is 14.0. The highest BCUT2D eigenvalue weighted by Gasteiger charge is 2.59. The van der Waals surface area contributed by atoms with Gasteiger partial charge in [0.15, 0.2) is 0 Å². The molecular formula is C24H36NO4+. The van der Waals surface area contributed by atoms with E-state index in [0.717, 1.165) is 17.4 Å². The molecule has 1 heterocycles. The van der Waals surface area contributed by atoms with Crippen LogP contribution in [0.3, 0.4) is 0 Å². The molecule has 1 aromatic carbocycles. The van der Waals surface area contributed by atoms with Gasteiger partial charge in [-0.15, -0.1) is 0 Å². The summed E-state index contributed by atoms with van der Waals surface area (Å²) in [5.41, 5.74) is 4.88. The second-order valence-electron chi connectivity index (χ2n) is 9.58. The van der Waals surface area contributed by atoms with E-state index in [9.17, 15) is 4.79 Å². The highest BCUT2D eigenvalue weighted by atomic mass is 16.6. The molecule has 4 rings (SSSR count). The van der Waals surface area contributed by atoms with Crippen LogP contribution < -0.4 is 0 Å². The van der Waals surface area contributed by atoms with Crippen molar-refractivity contribution in [2.24, 2.45) is 5.92 Å². The van der Waals surface area contributed by atoms with Crippen molar-refractivity contribution in [2.75, 3.05) is 47.3 Å². The minimum atomic E-state index is -0.271. The number of esters is 1. The number of likely N-dealkylation sites (N-methyl/N-ethyl adjacent to an activating group) is 1. The van der Waals surface area contributed by atoms with Gasteiger partial charge in [-0.25, -0.2) is 4.79 Å². The summed E-state index contributed by atoms with van der Waals surface area (Å²) >= 11 is 0. The van der Waals surface area contributed by atoms with Crippen LogP contribution in [-0.2, 0) is 30.8 Å². The number of nitrogens with zero attached hydrogens (tertiary/aromatic N) is 1. The average molecular weight is 403 g/mol.